The number of aromatic amines is 1. The lowest BCUT2D eigenvalue weighted by Crippen LogP contribution is -2.12. The maximum absolute atomic E-state index is 9.15. The second-order valence-electron chi connectivity index (χ2n) is 5.32. The van der Waals surface area contributed by atoms with E-state index in [0.717, 1.165) is 22.1 Å². The van der Waals surface area contributed by atoms with Gasteiger partial charge in [0.2, 0.25) is 5.28 Å². The summed E-state index contributed by atoms with van der Waals surface area (Å²) in [4.78, 5) is 17.8. The van der Waals surface area contributed by atoms with E-state index in [2.05, 4.69) is 26.0 Å². The van der Waals surface area contributed by atoms with Crippen molar-refractivity contribution in [1.82, 2.24) is 19.9 Å². The highest BCUT2D eigenvalue weighted by molar-refractivity contribution is 6.28. The monoisotopic (exact) mass is 334 g/mol. The fraction of sp³-hybridized carbons (Fsp3) is 0.0588. The van der Waals surface area contributed by atoms with Gasteiger partial charge in [0, 0.05) is 18.1 Å². The topological polar surface area (TPSA) is 81.5 Å². The predicted octanol–water partition coefficient (Wildman–Crippen LogP) is 3.80. The molecule has 0 saturated carbocycles. The Bertz CT molecular complexity index is 1110. The molecule has 0 amide bonds. The van der Waals surface area contributed by atoms with E-state index in [0.29, 0.717) is 16.9 Å². The molecule has 0 radical (unpaired) electrons. The summed E-state index contributed by atoms with van der Waals surface area (Å²) in [5.41, 5.74) is 3.99. The first-order valence-corrected chi connectivity index (χ1v) is 7.58. The molecule has 7 heteroatoms. The van der Waals surface area contributed by atoms with Gasteiger partial charge in [0.1, 0.15) is 5.82 Å². The van der Waals surface area contributed by atoms with Crippen LogP contribution in [0.1, 0.15) is 5.56 Å². The summed E-state index contributed by atoms with van der Waals surface area (Å²) >= 11 is 6.08. The van der Waals surface area contributed by atoms with E-state index in [1.165, 1.54) is 0 Å². The summed E-state index contributed by atoms with van der Waals surface area (Å²) in [7, 11) is 1.90. The molecule has 0 atom stereocenters. The van der Waals surface area contributed by atoms with Gasteiger partial charge in [-0.05, 0) is 48.0 Å². The largest absolute Gasteiger partial charge is 0.345 e. The molecular weight excluding hydrogens is 324 g/mol. The molecule has 0 unspecified atom stereocenters. The Morgan fingerprint density at radius 3 is 2.79 bits per heavy atom. The number of imidazole rings is 1. The number of nitriles is 1. The van der Waals surface area contributed by atoms with Crippen LogP contribution in [0.25, 0.3) is 21.9 Å². The van der Waals surface area contributed by atoms with Gasteiger partial charge in [0.05, 0.1) is 34.5 Å². The zero-order valence-electron chi connectivity index (χ0n) is 12.7. The molecule has 1 N–H and O–H groups in total. The first-order valence-electron chi connectivity index (χ1n) is 7.20. The molecule has 0 bridgehead atoms. The maximum Gasteiger partial charge on any atom is 0.224 e. The van der Waals surface area contributed by atoms with Gasteiger partial charge in [0.25, 0.3) is 0 Å². The van der Waals surface area contributed by atoms with Crippen molar-refractivity contribution in [3.63, 3.8) is 0 Å². The molecule has 2 aromatic heterocycles. The van der Waals surface area contributed by atoms with Gasteiger partial charge in [-0.1, -0.05) is 0 Å². The fourth-order valence-corrected chi connectivity index (χ4v) is 2.84. The smallest absolute Gasteiger partial charge is 0.224 e. The Labute approximate surface area is 142 Å². The standard InChI is InChI=1S/C17H11ClN6/c1-24(11-3-5-14-15(7-11)21-9-20-14)16-12-6-10(8-19)2-4-13(12)22-17(18)23-16/h2-7,9H,1H3,(H,20,21). The minimum atomic E-state index is 0.164. The van der Waals surface area contributed by atoms with Crippen LogP contribution < -0.4 is 4.90 Å². The fourth-order valence-electron chi connectivity index (χ4n) is 2.66. The Balaban J connectivity index is 1.91. The molecular formula is C17H11ClN6. The summed E-state index contributed by atoms with van der Waals surface area (Å²) in [5, 5.41) is 10.1. The van der Waals surface area contributed by atoms with Gasteiger partial charge in [-0.3, -0.25) is 0 Å². The van der Waals surface area contributed by atoms with Crippen LogP contribution in [0.15, 0.2) is 42.7 Å². The minimum absolute atomic E-state index is 0.164. The Kier molecular flexibility index (Phi) is 3.29. The number of hydrogen-bond donors (Lipinski definition) is 1. The lowest BCUT2D eigenvalue weighted by atomic mass is 10.1. The molecule has 24 heavy (non-hydrogen) atoms. The van der Waals surface area contributed by atoms with E-state index < -0.39 is 0 Å². The summed E-state index contributed by atoms with van der Waals surface area (Å²) in [5.74, 6) is 0.640. The number of benzene rings is 2. The molecule has 0 saturated heterocycles. The number of rotatable bonds is 2. The number of nitrogens with zero attached hydrogens (tertiary/aromatic N) is 5. The van der Waals surface area contributed by atoms with Crippen LogP contribution in [-0.4, -0.2) is 27.0 Å². The normalized spacial score (nSPS) is 10.9. The van der Waals surface area contributed by atoms with Crippen LogP contribution >= 0.6 is 11.6 Å². The SMILES string of the molecule is CN(c1ccc2nc[nH]c2c1)c1nc(Cl)nc2ccc(C#N)cc12. The number of hydrogen-bond acceptors (Lipinski definition) is 5. The zero-order chi connectivity index (χ0) is 16.7. The van der Waals surface area contributed by atoms with Crippen LogP contribution in [-0.2, 0) is 0 Å². The third kappa shape index (κ3) is 2.32. The van der Waals surface area contributed by atoms with Crippen molar-refractivity contribution in [3.05, 3.63) is 53.6 Å². The summed E-state index contributed by atoms with van der Waals surface area (Å²) in [6.45, 7) is 0. The third-order valence-electron chi connectivity index (χ3n) is 3.89. The van der Waals surface area contributed by atoms with E-state index in [1.807, 2.05) is 30.1 Å². The Morgan fingerprint density at radius 1 is 1.12 bits per heavy atom. The van der Waals surface area contributed by atoms with Crippen molar-refractivity contribution in [1.29, 1.82) is 5.26 Å². The number of anilines is 2. The molecule has 0 aliphatic carbocycles. The highest BCUT2D eigenvalue weighted by Crippen LogP contribution is 2.31. The summed E-state index contributed by atoms with van der Waals surface area (Å²) < 4.78 is 0. The molecule has 6 nitrogen and oxygen atoms in total. The van der Waals surface area contributed by atoms with E-state index in [4.69, 9.17) is 16.9 Å². The molecule has 0 fully saturated rings. The van der Waals surface area contributed by atoms with Crippen molar-refractivity contribution in [3.8, 4) is 6.07 Å². The lowest BCUT2D eigenvalue weighted by molar-refractivity contribution is 1.11. The van der Waals surface area contributed by atoms with Crippen molar-refractivity contribution in [2.45, 2.75) is 0 Å². The van der Waals surface area contributed by atoms with Crippen LogP contribution in [0.4, 0.5) is 11.5 Å². The third-order valence-corrected chi connectivity index (χ3v) is 4.06. The second kappa shape index (κ2) is 5.48. The number of halogens is 1. The van der Waals surface area contributed by atoms with E-state index >= 15 is 0 Å². The van der Waals surface area contributed by atoms with Crippen molar-refractivity contribution in [2.75, 3.05) is 11.9 Å². The molecule has 0 aliphatic heterocycles. The van der Waals surface area contributed by atoms with Gasteiger partial charge in [-0.2, -0.15) is 10.2 Å². The number of H-pyrrole nitrogens is 1. The van der Waals surface area contributed by atoms with Crippen LogP contribution in [0, 0.1) is 11.3 Å². The number of aromatic nitrogens is 4. The molecule has 4 rings (SSSR count). The van der Waals surface area contributed by atoms with Crippen molar-refractivity contribution in [2.24, 2.45) is 0 Å². The van der Waals surface area contributed by atoms with Gasteiger partial charge >= 0.3 is 0 Å². The van der Waals surface area contributed by atoms with Crippen LogP contribution in [0.2, 0.25) is 5.28 Å². The highest BCUT2D eigenvalue weighted by Gasteiger charge is 2.14. The minimum Gasteiger partial charge on any atom is -0.345 e. The first-order chi connectivity index (χ1) is 11.7. The van der Waals surface area contributed by atoms with Gasteiger partial charge in [0.15, 0.2) is 0 Å². The lowest BCUT2D eigenvalue weighted by Gasteiger charge is -2.20. The Morgan fingerprint density at radius 2 is 1.96 bits per heavy atom. The molecule has 2 heterocycles. The highest BCUT2D eigenvalue weighted by atomic mass is 35.5. The second-order valence-corrected chi connectivity index (χ2v) is 5.66. The van der Waals surface area contributed by atoms with Crippen LogP contribution in [0.3, 0.4) is 0 Å². The van der Waals surface area contributed by atoms with E-state index in [9.17, 15) is 0 Å². The van der Waals surface area contributed by atoms with Gasteiger partial charge in [-0.25, -0.2) is 9.97 Å². The molecule has 4 aromatic rings. The number of nitrogens with one attached hydrogen (secondary N) is 1. The quantitative estimate of drug-likeness (QED) is 0.564. The van der Waals surface area contributed by atoms with Crippen molar-refractivity contribution < 1.29 is 0 Å². The van der Waals surface area contributed by atoms with E-state index in [1.54, 1.807) is 24.5 Å². The predicted molar refractivity (Wildman–Crippen MR) is 93.4 cm³/mol. The maximum atomic E-state index is 9.15. The van der Waals surface area contributed by atoms with Crippen LogP contribution in [0.5, 0.6) is 0 Å². The molecule has 2 aromatic carbocycles. The molecule has 0 spiro atoms. The molecule has 116 valence electrons. The molecule has 0 aliphatic rings. The summed E-state index contributed by atoms with van der Waals surface area (Å²) in [6.07, 6.45) is 1.66. The Hall–Kier alpha value is -3.17. The summed E-state index contributed by atoms with van der Waals surface area (Å²) in [6, 6.07) is 13.3. The van der Waals surface area contributed by atoms with E-state index in [-0.39, 0.29) is 5.28 Å². The number of fused-ring (bicyclic) bond motifs is 2. The van der Waals surface area contributed by atoms with Crippen molar-refractivity contribution >= 4 is 45.0 Å². The zero-order valence-corrected chi connectivity index (χ0v) is 13.4. The first kappa shape index (κ1) is 14.4. The van der Waals surface area contributed by atoms with Gasteiger partial charge in [-0.15, -0.1) is 0 Å². The average molecular weight is 335 g/mol. The average Bonchev–Trinajstić information content (AvgIpc) is 3.07. The van der Waals surface area contributed by atoms with Gasteiger partial charge < -0.3 is 9.88 Å².